The van der Waals surface area contributed by atoms with Crippen LogP contribution < -0.4 is 10.6 Å². The molecule has 1 aliphatic carbocycles. The summed E-state index contributed by atoms with van der Waals surface area (Å²) in [6, 6.07) is 0. The van der Waals surface area contributed by atoms with E-state index < -0.39 is 0 Å². The molecule has 1 heterocycles. The van der Waals surface area contributed by atoms with Crippen LogP contribution in [0, 0.1) is 11.8 Å². The Morgan fingerprint density at radius 3 is 2.88 bits per heavy atom. The molecule has 0 aromatic rings. The molecule has 0 aromatic carbocycles. The van der Waals surface area contributed by atoms with Crippen LogP contribution in [0.25, 0.3) is 0 Å². The summed E-state index contributed by atoms with van der Waals surface area (Å²) in [6.07, 6.45) is 4.68. The Labute approximate surface area is 103 Å². The van der Waals surface area contributed by atoms with E-state index in [1.807, 2.05) is 6.92 Å². The standard InChI is InChI=1S/C13H24N2O2/c1-10(11-4-5-11)12(16)14-8-13(9-17-2)6-3-7-15-13/h10-11,15H,3-9H2,1-2H3,(H,14,16). The van der Waals surface area contributed by atoms with Gasteiger partial charge in [0.25, 0.3) is 0 Å². The lowest BCUT2D eigenvalue weighted by molar-refractivity contribution is -0.125. The first-order valence-electron chi connectivity index (χ1n) is 6.68. The third-order valence-corrected chi connectivity index (χ3v) is 4.10. The maximum Gasteiger partial charge on any atom is 0.223 e. The van der Waals surface area contributed by atoms with Crippen molar-refractivity contribution < 1.29 is 9.53 Å². The maximum absolute atomic E-state index is 11.9. The van der Waals surface area contributed by atoms with Gasteiger partial charge in [0.1, 0.15) is 0 Å². The van der Waals surface area contributed by atoms with E-state index in [0.717, 1.165) is 19.4 Å². The number of carbonyl (C=O) groups is 1. The van der Waals surface area contributed by atoms with Gasteiger partial charge in [0.15, 0.2) is 0 Å². The Morgan fingerprint density at radius 1 is 1.59 bits per heavy atom. The predicted molar refractivity (Wildman–Crippen MR) is 66.7 cm³/mol. The summed E-state index contributed by atoms with van der Waals surface area (Å²) < 4.78 is 5.27. The SMILES string of the molecule is COCC1(CNC(=O)C(C)C2CC2)CCCN1. The number of nitrogens with one attached hydrogen (secondary N) is 2. The quantitative estimate of drug-likeness (QED) is 0.726. The predicted octanol–water partition coefficient (Wildman–Crippen LogP) is 0.917. The molecule has 1 saturated heterocycles. The molecule has 1 saturated carbocycles. The zero-order valence-corrected chi connectivity index (χ0v) is 10.9. The van der Waals surface area contributed by atoms with E-state index in [9.17, 15) is 4.79 Å². The van der Waals surface area contributed by atoms with Crippen LogP contribution in [-0.2, 0) is 9.53 Å². The van der Waals surface area contributed by atoms with Crippen LogP contribution in [-0.4, -0.2) is 38.3 Å². The monoisotopic (exact) mass is 240 g/mol. The Hall–Kier alpha value is -0.610. The van der Waals surface area contributed by atoms with Crippen molar-refractivity contribution in [2.75, 3.05) is 26.8 Å². The van der Waals surface area contributed by atoms with Crippen molar-refractivity contribution in [2.45, 2.75) is 38.1 Å². The first-order valence-corrected chi connectivity index (χ1v) is 6.68. The molecule has 0 spiro atoms. The molecule has 2 unspecified atom stereocenters. The van der Waals surface area contributed by atoms with Crippen molar-refractivity contribution >= 4 is 5.91 Å². The van der Waals surface area contributed by atoms with E-state index in [1.165, 1.54) is 12.8 Å². The topological polar surface area (TPSA) is 50.4 Å². The number of ether oxygens (including phenoxy) is 1. The van der Waals surface area contributed by atoms with E-state index >= 15 is 0 Å². The number of methoxy groups -OCH3 is 1. The molecule has 2 atom stereocenters. The smallest absolute Gasteiger partial charge is 0.223 e. The van der Waals surface area contributed by atoms with Gasteiger partial charge in [0.05, 0.1) is 12.1 Å². The average Bonchev–Trinajstić information content (AvgIpc) is 3.07. The maximum atomic E-state index is 11.9. The molecule has 2 aliphatic rings. The van der Waals surface area contributed by atoms with E-state index in [0.29, 0.717) is 19.1 Å². The lowest BCUT2D eigenvalue weighted by atomic mass is 9.97. The van der Waals surface area contributed by atoms with Gasteiger partial charge in [-0.1, -0.05) is 6.92 Å². The molecule has 4 nitrogen and oxygen atoms in total. The summed E-state index contributed by atoms with van der Waals surface area (Å²) in [5.74, 6) is 1.01. The van der Waals surface area contributed by atoms with Crippen molar-refractivity contribution in [1.29, 1.82) is 0 Å². The van der Waals surface area contributed by atoms with Gasteiger partial charge in [-0.05, 0) is 38.1 Å². The number of amides is 1. The molecule has 0 aromatic heterocycles. The van der Waals surface area contributed by atoms with Gasteiger partial charge in [-0.2, -0.15) is 0 Å². The highest BCUT2D eigenvalue weighted by atomic mass is 16.5. The number of hydrogen-bond acceptors (Lipinski definition) is 3. The Morgan fingerprint density at radius 2 is 2.35 bits per heavy atom. The van der Waals surface area contributed by atoms with Crippen LogP contribution in [0.5, 0.6) is 0 Å². The molecule has 1 aliphatic heterocycles. The normalized spacial score (nSPS) is 30.2. The third kappa shape index (κ3) is 3.19. The van der Waals surface area contributed by atoms with E-state index in [4.69, 9.17) is 4.74 Å². The molecule has 2 fully saturated rings. The molecule has 4 heteroatoms. The molecular formula is C13H24N2O2. The van der Waals surface area contributed by atoms with Crippen molar-refractivity contribution in [1.82, 2.24) is 10.6 Å². The second-order valence-electron chi connectivity index (χ2n) is 5.59. The highest BCUT2D eigenvalue weighted by Gasteiger charge is 2.36. The van der Waals surface area contributed by atoms with Crippen molar-refractivity contribution in [2.24, 2.45) is 11.8 Å². The summed E-state index contributed by atoms with van der Waals surface area (Å²) in [4.78, 5) is 11.9. The largest absolute Gasteiger partial charge is 0.383 e. The number of rotatable bonds is 6. The second kappa shape index (κ2) is 5.36. The van der Waals surface area contributed by atoms with Gasteiger partial charge >= 0.3 is 0 Å². The van der Waals surface area contributed by atoms with Crippen molar-refractivity contribution in [3.63, 3.8) is 0 Å². The summed E-state index contributed by atoms with van der Waals surface area (Å²) in [5, 5.41) is 6.56. The van der Waals surface area contributed by atoms with Crippen LogP contribution in [0.3, 0.4) is 0 Å². The molecule has 2 N–H and O–H groups in total. The van der Waals surface area contributed by atoms with Crippen molar-refractivity contribution in [3.8, 4) is 0 Å². The fourth-order valence-corrected chi connectivity index (χ4v) is 2.70. The van der Waals surface area contributed by atoms with E-state index in [2.05, 4.69) is 10.6 Å². The van der Waals surface area contributed by atoms with E-state index in [1.54, 1.807) is 7.11 Å². The highest BCUT2D eigenvalue weighted by Crippen LogP contribution is 2.36. The Kier molecular flexibility index (Phi) is 4.05. The van der Waals surface area contributed by atoms with Gasteiger partial charge in [-0.15, -0.1) is 0 Å². The molecule has 2 rings (SSSR count). The molecule has 0 bridgehead atoms. The second-order valence-corrected chi connectivity index (χ2v) is 5.59. The summed E-state index contributed by atoms with van der Waals surface area (Å²) in [7, 11) is 1.72. The van der Waals surface area contributed by atoms with Gasteiger partial charge < -0.3 is 15.4 Å². The minimum absolute atomic E-state index is 0.0340. The average molecular weight is 240 g/mol. The molecule has 98 valence electrons. The first-order chi connectivity index (χ1) is 8.17. The summed E-state index contributed by atoms with van der Waals surface area (Å²) in [5.41, 5.74) is -0.0340. The third-order valence-electron chi connectivity index (χ3n) is 4.10. The van der Waals surface area contributed by atoms with Gasteiger partial charge in [0.2, 0.25) is 5.91 Å². The lowest BCUT2D eigenvalue weighted by Gasteiger charge is -2.29. The van der Waals surface area contributed by atoms with Crippen LogP contribution in [0.1, 0.15) is 32.6 Å². The van der Waals surface area contributed by atoms with E-state index in [-0.39, 0.29) is 17.4 Å². The minimum atomic E-state index is -0.0340. The lowest BCUT2D eigenvalue weighted by Crippen LogP contribution is -2.53. The van der Waals surface area contributed by atoms with Crippen LogP contribution in [0.15, 0.2) is 0 Å². The highest BCUT2D eigenvalue weighted by molar-refractivity contribution is 5.79. The fraction of sp³-hybridized carbons (Fsp3) is 0.923. The number of carbonyl (C=O) groups excluding carboxylic acids is 1. The van der Waals surface area contributed by atoms with Crippen LogP contribution in [0.4, 0.5) is 0 Å². The molecule has 17 heavy (non-hydrogen) atoms. The number of hydrogen-bond donors (Lipinski definition) is 2. The molecule has 1 amide bonds. The van der Waals surface area contributed by atoms with Gasteiger partial charge in [-0.3, -0.25) is 4.79 Å². The zero-order valence-electron chi connectivity index (χ0n) is 10.9. The molecule has 0 radical (unpaired) electrons. The zero-order chi connectivity index (χ0) is 12.3. The van der Waals surface area contributed by atoms with Gasteiger partial charge in [0, 0.05) is 19.6 Å². The van der Waals surface area contributed by atoms with Crippen molar-refractivity contribution in [3.05, 3.63) is 0 Å². The fourth-order valence-electron chi connectivity index (χ4n) is 2.70. The summed E-state index contributed by atoms with van der Waals surface area (Å²) in [6.45, 7) is 4.43. The van der Waals surface area contributed by atoms with Crippen LogP contribution >= 0.6 is 0 Å². The minimum Gasteiger partial charge on any atom is -0.383 e. The van der Waals surface area contributed by atoms with Crippen LogP contribution in [0.2, 0.25) is 0 Å². The Bertz CT molecular complexity index is 271. The Balaban J connectivity index is 1.80. The molecular weight excluding hydrogens is 216 g/mol. The van der Waals surface area contributed by atoms with Gasteiger partial charge in [-0.25, -0.2) is 0 Å². The summed E-state index contributed by atoms with van der Waals surface area (Å²) >= 11 is 0. The first kappa shape index (κ1) is 12.8.